The van der Waals surface area contributed by atoms with Gasteiger partial charge in [-0.25, -0.2) is 0 Å². The van der Waals surface area contributed by atoms with E-state index in [4.69, 9.17) is 0 Å². The number of rotatable bonds is 2. The van der Waals surface area contributed by atoms with Crippen LogP contribution in [0.25, 0.3) is 0 Å². The maximum atomic E-state index is 11.9. The number of hydrogen-bond acceptors (Lipinski definition) is 2. The molecule has 1 aliphatic heterocycles. The zero-order valence-corrected chi connectivity index (χ0v) is 13.4. The molecule has 0 radical (unpaired) electrons. The number of ketones is 1. The quantitative estimate of drug-likeness (QED) is 0.752. The minimum absolute atomic E-state index is 0.450. The second kappa shape index (κ2) is 5.34. The molecule has 1 aliphatic rings. The Morgan fingerprint density at radius 2 is 1.53 bits per heavy atom. The van der Waals surface area contributed by atoms with Crippen molar-refractivity contribution in [3.63, 3.8) is 0 Å². The fourth-order valence-electron chi connectivity index (χ4n) is 2.08. The van der Waals surface area contributed by atoms with Gasteiger partial charge in [-0.15, -0.1) is 0 Å². The molecule has 0 aliphatic carbocycles. The van der Waals surface area contributed by atoms with Crippen molar-refractivity contribution in [3.8, 4) is 0 Å². The standard InChI is InChI=1S/C13H12OSSe2/c14-9-7-10(12-3-1-5-16-12)15-11(8-9)13-4-2-6-17-13/h1-6,10-11H,7-8H2. The molecule has 0 aromatic carbocycles. The van der Waals surface area contributed by atoms with Gasteiger partial charge in [0.05, 0.1) is 0 Å². The topological polar surface area (TPSA) is 17.1 Å². The molecule has 1 nitrogen and oxygen atoms in total. The van der Waals surface area contributed by atoms with Gasteiger partial charge in [-0.05, 0) is 0 Å². The van der Waals surface area contributed by atoms with Crippen molar-refractivity contribution in [1.82, 2.24) is 0 Å². The van der Waals surface area contributed by atoms with Crippen LogP contribution in [0.3, 0.4) is 0 Å². The number of thioether (sulfide) groups is 1. The van der Waals surface area contributed by atoms with Crippen molar-refractivity contribution in [1.29, 1.82) is 0 Å². The van der Waals surface area contributed by atoms with Crippen LogP contribution in [0.15, 0.2) is 34.1 Å². The Bertz CT molecular complexity index is 445. The summed E-state index contributed by atoms with van der Waals surface area (Å²) in [4.78, 5) is 16.4. The van der Waals surface area contributed by atoms with Crippen LogP contribution in [0.2, 0.25) is 0 Å². The Kier molecular flexibility index (Phi) is 3.79. The third-order valence-corrected chi connectivity index (χ3v) is 9.18. The van der Waals surface area contributed by atoms with Crippen LogP contribution in [0.5, 0.6) is 0 Å². The van der Waals surface area contributed by atoms with Crippen LogP contribution in [0, 0.1) is 0 Å². The monoisotopic (exact) mass is 376 g/mol. The van der Waals surface area contributed by atoms with Gasteiger partial charge >= 0.3 is 118 Å². The molecule has 1 saturated heterocycles. The van der Waals surface area contributed by atoms with E-state index in [0.29, 0.717) is 45.3 Å². The molecule has 88 valence electrons. The van der Waals surface area contributed by atoms with E-state index in [9.17, 15) is 4.79 Å². The zero-order valence-electron chi connectivity index (χ0n) is 9.17. The van der Waals surface area contributed by atoms with Gasteiger partial charge in [0.15, 0.2) is 0 Å². The van der Waals surface area contributed by atoms with Gasteiger partial charge < -0.3 is 0 Å². The Hall–Kier alpha value is 0.0190. The Labute approximate surface area is 117 Å². The second-order valence-corrected chi connectivity index (χ2v) is 9.61. The van der Waals surface area contributed by atoms with E-state index in [1.165, 1.54) is 8.87 Å². The summed E-state index contributed by atoms with van der Waals surface area (Å²) < 4.78 is 3.00. The SMILES string of the molecule is O=C1CC(c2ccc[se]2)SC(c2ccc[se]2)C1. The fourth-order valence-corrected chi connectivity index (χ4v) is 7.70. The van der Waals surface area contributed by atoms with Crippen molar-refractivity contribution >= 4 is 46.6 Å². The molecule has 0 N–H and O–H groups in total. The molecule has 4 heteroatoms. The normalized spacial score (nSPS) is 25.1. The van der Waals surface area contributed by atoms with Crippen LogP contribution < -0.4 is 0 Å². The van der Waals surface area contributed by atoms with E-state index in [-0.39, 0.29) is 0 Å². The first-order chi connectivity index (χ1) is 8.33. The van der Waals surface area contributed by atoms with Crippen LogP contribution >= 0.6 is 11.8 Å². The third-order valence-electron chi connectivity index (χ3n) is 2.88. The Morgan fingerprint density at radius 1 is 1.00 bits per heavy atom. The van der Waals surface area contributed by atoms with Gasteiger partial charge in [0.25, 0.3) is 0 Å². The van der Waals surface area contributed by atoms with E-state index in [0.717, 1.165) is 12.8 Å². The molecular formula is C13H12OSSe2. The zero-order chi connectivity index (χ0) is 11.7. The molecule has 0 amide bonds. The van der Waals surface area contributed by atoms with E-state index < -0.39 is 0 Å². The first-order valence-corrected chi connectivity index (χ1v) is 10.2. The van der Waals surface area contributed by atoms with Crippen molar-refractivity contribution in [2.45, 2.75) is 23.3 Å². The van der Waals surface area contributed by atoms with Gasteiger partial charge in [-0.1, -0.05) is 0 Å². The molecule has 3 heterocycles. The van der Waals surface area contributed by atoms with Gasteiger partial charge in [0.2, 0.25) is 0 Å². The van der Waals surface area contributed by atoms with Crippen molar-refractivity contribution in [2.24, 2.45) is 0 Å². The Balaban J connectivity index is 1.82. The molecule has 3 rings (SSSR count). The average Bonchev–Trinajstić information content (AvgIpc) is 3.02. The number of carbonyl (C=O) groups excluding carboxylic acids is 1. The summed E-state index contributed by atoms with van der Waals surface area (Å²) in [5.74, 6) is 0.450. The number of hydrogen-bond donors (Lipinski definition) is 0. The summed E-state index contributed by atoms with van der Waals surface area (Å²) in [5.41, 5.74) is 0. The third kappa shape index (κ3) is 2.72. The molecule has 17 heavy (non-hydrogen) atoms. The van der Waals surface area contributed by atoms with Crippen LogP contribution in [0.4, 0.5) is 0 Å². The summed E-state index contributed by atoms with van der Waals surface area (Å²) in [7, 11) is 0. The number of carbonyl (C=O) groups is 1. The molecular weight excluding hydrogens is 362 g/mol. The van der Waals surface area contributed by atoms with E-state index in [1.807, 2.05) is 11.8 Å². The Morgan fingerprint density at radius 3 is 1.94 bits per heavy atom. The van der Waals surface area contributed by atoms with Crippen molar-refractivity contribution < 1.29 is 4.79 Å². The van der Waals surface area contributed by atoms with E-state index in [1.54, 1.807) is 0 Å². The molecule has 2 aromatic rings. The first-order valence-electron chi connectivity index (χ1n) is 5.57. The van der Waals surface area contributed by atoms with E-state index >= 15 is 0 Å². The van der Waals surface area contributed by atoms with Gasteiger partial charge in [-0.3, -0.25) is 0 Å². The summed E-state index contributed by atoms with van der Waals surface area (Å²) in [5, 5.41) is 0.905. The minimum atomic E-state index is 0.450. The summed E-state index contributed by atoms with van der Waals surface area (Å²) in [6.45, 7) is 0. The molecule has 2 atom stereocenters. The van der Waals surface area contributed by atoms with Crippen molar-refractivity contribution in [3.05, 3.63) is 43.0 Å². The number of Topliss-reactive ketones (excluding diaryl/α,β-unsaturated/α-hetero) is 1. The average molecular weight is 374 g/mol. The molecule has 2 unspecified atom stereocenters. The molecule has 0 saturated carbocycles. The summed E-state index contributed by atoms with van der Waals surface area (Å²) >= 11 is 3.01. The summed E-state index contributed by atoms with van der Waals surface area (Å²) in [6, 6.07) is 8.73. The predicted molar refractivity (Wildman–Crippen MR) is 74.1 cm³/mol. The molecule has 2 aromatic heterocycles. The summed E-state index contributed by atoms with van der Waals surface area (Å²) in [6.07, 6.45) is 1.51. The van der Waals surface area contributed by atoms with Crippen molar-refractivity contribution in [2.75, 3.05) is 0 Å². The van der Waals surface area contributed by atoms with Gasteiger partial charge in [0.1, 0.15) is 0 Å². The van der Waals surface area contributed by atoms with Gasteiger partial charge in [-0.2, -0.15) is 0 Å². The van der Waals surface area contributed by atoms with Crippen LogP contribution in [0.1, 0.15) is 32.2 Å². The maximum absolute atomic E-state index is 11.9. The molecule has 1 fully saturated rings. The molecule has 0 bridgehead atoms. The van der Waals surface area contributed by atoms with Crippen LogP contribution in [-0.4, -0.2) is 34.8 Å². The predicted octanol–water partition coefficient (Wildman–Crippen LogP) is 2.68. The first kappa shape index (κ1) is 12.1. The van der Waals surface area contributed by atoms with Crippen LogP contribution in [-0.2, 0) is 4.79 Å². The molecule has 0 spiro atoms. The van der Waals surface area contributed by atoms with Gasteiger partial charge in [0, 0.05) is 0 Å². The fraction of sp³-hybridized carbons (Fsp3) is 0.308. The van der Waals surface area contributed by atoms with E-state index in [2.05, 4.69) is 34.1 Å². The second-order valence-electron chi connectivity index (χ2n) is 4.09.